The van der Waals surface area contributed by atoms with Crippen molar-refractivity contribution in [2.45, 2.75) is 12.5 Å². The summed E-state index contributed by atoms with van der Waals surface area (Å²) in [7, 11) is -3.98. The molecule has 0 fully saturated rings. The van der Waals surface area contributed by atoms with Crippen LogP contribution in [-0.2, 0) is 10.1 Å². The molecule has 1 unspecified atom stereocenters. The van der Waals surface area contributed by atoms with Crippen LogP contribution in [0, 0.1) is 0 Å². The fraction of sp³-hybridized carbons (Fsp3) is 1.00. The van der Waals surface area contributed by atoms with Crippen LogP contribution in [0.15, 0.2) is 0 Å². The summed E-state index contributed by atoms with van der Waals surface area (Å²) in [6.07, 6.45) is 0.180. The Morgan fingerprint density at radius 3 is 2.27 bits per heavy atom. The van der Waals surface area contributed by atoms with Crippen molar-refractivity contribution in [3.8, 4) is 0 Å². The third-order valence-electron chi connectivity index (χ3n) is 0.925. The maximum Gasteiger partial charge on any atom is 1.00 e. The summed E-state index contributed by atoms with van der Waals surface area (Å²) in [4.78, 5) is 0. The Labute approximate surface area is 89.5 Å². The predicted octanol–water partition coefficient (Wildman–Crippen LogP) is -4.30. The Bertz CT molecular complexity index is 185. The third-order valence-corrected chi connectivity index (χ3v) is 1.77. The van der Waals surface area contributed by atoms with Crippen LogP contribution in [0.4, 0.5) is 0 Å². The van der Waals surface area contributed by atoms with Gasteiger partial charge in [-0.2, -0.15) is 8.42 Å². The Balaban J connectivity index is -0.000000405. The molecule has 0 amide bonds. The van der Waals surface area contributed by atoms with E-state index in [0.717, 1.165) is 0 Å². The molecule has 0 bridgehead atoms. The average Bonchev–Trinajstić information content (AvgIpc) is 1.59. The molecule has 0 aliphatic heterocycles. The monoisotopic (exact) mass is 193 g/mol. The fourth-order valence-electron chi connectivity index (χ4n) is 0.520. The zero-order valence-corrected chi connectivity index (χ0v) is 9.21. The maximum absolute atomic E-state index is 10.1. The van der Waals surface area contributed by atoms with Gasteiger partial charge in [-0.3, -0.25) is 4.55 Å². The number of rotatable bonds is 4. The van der Waals surface area contributed by atoms with Gasteiger partial charge in [0.1, 0.15) is 0 Å². The van der Waals surface area contributed by atoms with Crippen LogP contribution in [0.5, 0.6) is 0 Å². The number of hydrogen-bond acceptors (Lipinski definition) is 4. The smallest absolute Gasteiger partial charge is 1.00 e. The third kappa shape index (κ3) is 10.8. The first-order valence-electron chi connectivity index (χ1n) is 2.77. The molecule has 0 rings (SSSR count). The molecule has 0 saturated heterocycles. The topological polar surface area (TPSA) is 101 Å². The minimum Gasteiger partial charge on any atom is -1.00 e. The number of nitrogens with two attached hydrogens (primary N) is 1. The molecule has 0 spiro atoms. The molecular weight excluding hydrogens is 181 g/mol. The minimum atomic E-state index is -3.98. The van der Waals surface area contributed by atoms with Crippen LogP contribution in [-0.4, -0.2) is 36.5 Å². The molecule has 4 N–H and O–H groups in total. The van der Waals surface area contributed by atoms with Crippen molar-refractivity contribution in [1.29, 1.82) is 0 Å². The fourth-order valence-corrected chi connectivity index (χ4v) is 1.23. The number of aliphatic hydroxyl groups is 1. The van der Waals surface area contributed by atoms with Gasteiger partial charge in [-0.15, -0.1) is 0 Å². The molecule has 0 aromatic carbocycles. The van der Waals surface area contributed by atoms with Crippen molar-refractivity contribution in [3.05, 3.63) is 0 Å². The van der Waals surface area contributed by atoms with Crippen LogP contribution in [0.1, 0.15) is 7.85 Å². The van der Waals surface area contributed by atoms with Gasteiger partial charge in [-0.25, -0.2) is 0 Å². The van der Waals surface area contributed by atoms with E-state index in [0.29, 0.717) is 0 Å². The van der Waals surface area contributed by atoms with E-state index in [2.05, 4.69) is 0 Å². The molecule has 0 heterocycles. The summed E-state index contributed by atoms with van der Waals surface area (Å²) in [6, 6.07) is -0.681. The van der Waals surface area contributed by atoms with Gasteiger partial charge >= 0.3 is 29.6 Å². The summed E-state index contributed by atoms with van der Waals surface area (Å²) in [5, 5.41) is 8.28. The van der Waals surface area contributed by atoms with Crippen molar-refractivity contribution in [1.82, 2.24) is 0 Å². The van der Waals surface area contributed by atoms with Crippen molar-refractivity contribution < 1.29 is 49.1 Å². The first-order valence-corrected chi connectivity index (χ1v) is 4.38. The summed E-state index contributed by atoms with van der Waals surface area (Å²) >= 11 is 0. The van der Waals surface area contributed by atoms with E-state index in [-0.39, 0.29) is 44.0 Å². The summed E-state index contributed by atoms with van der Waals surface area (Å²) in [6.45, 7) is -0.170. The second kappa shape index (κ2) is 6.36. The molecule has 0 saturated carbocycles. The van der Waals surface area contributed by atoms with Crippen molar-refractivity contribution >= 4 is 10.1 Å². The van der Waals surface area contributed by atoms with E-state index in [1.54, 1.807) is 0 Å². The Morgan fingerprint density at radius 1 is 1.55 bits per heavy atom. The Hall–Kier alpha value is 0.830. The van der Waals surface area contributed by atoms with Crippen molar-refractivity contribution in [2.24, 2.45) is 5.73 Å². The van der Waals surface area contributed by atoms with Crippen LogP contribution in [0.25, 0.3) is 0 Å². The molecule has 0 aliphatic rings. The number of hydrogen-bond donors (Lipinski definition) is 3. The number of aliphatic hydroxyl groups excluding tert-OH is 1. The normalized spacial score (nSPS) is 13.7. The van der Waals surface area contributed by atoms with Gasteiger partial charge in [0, 0.05) is 12.6 Å². The molecule has 5 nitrogen and oxygen atoms in total. The summed E-state index contributed by atoms with van der Waals surface area (Å²) in [5.41, 5.74) is 5.17. The van der Waals surface area contributed by atoms with Crippen LogP contribution in [0.3, 0.4) is 0 Å². The molecule has 7 heteroatoms. The maximum atomic E-state index is 10.1. The average molecular weight is 193 g/mol. The molecule has 0 radical (unpaired) electrons. The zero-order chi connectivity index (χ0) is 8.20. The second-order valence-corrected chi connectivity index (χ2v) is 3.52. The molecular formula is C4H12NNaO4S. The summed E-state index contributed by atoms with van der Waals surface area (Å²) in [5.74, 6) is -0.493. The zero-order valence-electron chi connectivity index (χ0n) is 7.40. The van der Waals surface area contributed by atoms with Crippen LogP contribution < -0.4 is 35.3 Å². The van der Waals surface area contributed by atoms with Gasteiger partial charge in [0.05, 0.1) is 5.75 Å². The van der Waals surface area contributed by atoms with E-state index in [1.165, 1.54) is 0 Å². The van der Waals surface area contributed by atoms with Crippen molar-refractivity contribution in [3.63, 3.8) is 0 Å². The van der Waals surface area contributed by atoms with Gasteiger partial charge < -0.3 is 12.3 Å². The molecule has 0 aromatic heterocycles. The predicted molar refractivity (Wildman–Crippen MR) is 37.2 cm³/mol. The molecule has 0 aliphatic carbocycles. The molecule has 0 aromatic rings. The van der Waals surface area contributed by atoms with E-state index >= 15 is 0 Å². The molecule has 11 heavy (non-hydrogen) atoms. The first-order chi connectivity index (χ1) is 4.45. The van der Waals surface area contributed by atoms with Gasteiger partial charge in [0.25, 0.3) is 10.1 Å². The van der Waals surface area contributed by atoms with Crippen molar-refractivity contribution in [2.75, 3.05) is 12.4 Å². The van der Waals surface area contributed by atoms with Crippen LogP contribution >= 0.6 is 0 Å². The van der Waals surface area contributed by atoms with E-state index in [4.69, 9.17) is 15.4 Å². The minimum absolute atomic E-state index is 0. The van der Waals surface area contributed by atoms with E-state index in [9.17, 15) is 8.42 Å². The molecule has 64 valence electrons. The van der Waals surface area contributed by atoms with Crippen LogP contribution in [0.2, 0.25) is 0 Å². The summed E-state index contributed by atoms with van der Waals surface area (Å²) < 4.78 is 28.4. The van der Waals surface area contributed by atoms with Gasteiger partial charge in [-0.05, 0) is 6.42 Å². The Kier molecular flexibility index (Phi) is 8.30. The van der Waals surface area contributed by atoms with E-state index in [1.807, 2.05) is 0 Å². The van der Waals surface area contributed by atoms with Gasteiger partial charge in [0.15, 0.2) is 0 Å². The Morgan fingerprint density at radius 2 is 2.00 bits per heavy atom. The second-order valence-electron chi connectivity index (χ2n) is 2.02. The quantitative estimate of drug-likeness (QED) is 0.310. The first kappa shape index (κ1) is 14.4. The van der Waals surface area contributed by atoms with Gasteiger partial charge in [-0.1, -0.05) is 0 Å². The largest absolute Gasteiger partial charge is 1.00 e. The molecule has 1 atom stereocenters. The van der Waals surface area contributed by atoms with E-state index < -0.39 is 21.9 Å². The van der Waals surface area contributed by atoms with Gasteiger partial charge in [0.2, 0.25) is 0 Å². The SMILES string of the molecule is NC(CCO)CS(=O)(=O)O.[H-].[Na+]. The standard InChI is InChI=1S/C4H11NO4S.Na.H/c5-4(1-2-6)3-10(7,8)9;;/h4,6H,1-3,5H2,(H,7,8,9);;/q;+1;-1.